The molecule has 0 bridgehead atoms. The van der Waals surface area contributed by atoms with Crippen molar-refractivity contribution >= 4 is 6.08 Å². The van der Waals surface area contributed by atoms with Gasteiger partial charge in [0, 0.05) is 5.56 Å². The summed E-state index contributed by atoms with van der Waals surface area (Å²) < 4.78 is 25.0. The maximum Gasteiger partial charge on any atom is 0.264 e. The van der Waals surface area contributed by atoms with Crippen LogP contribution in [0.2, 0.25) is 0 Å². The third-order valence-corrected chi connectivity index (χ3v) is 1.86. The Balaban J connectivity index is 2.84. The fraction of sp³-hybridized carbons (Fsp3) is 0.273. The van der Waals surface area contributed by atoms with Crippen LogP contribution < -0.4 is 5.73 Å². The van der Waals surface area contributed by atoms with Crippen LogP contribution >= 0.6 is 0 Å². The Kier molecular flexibility index (Phi) is 4.26. The number of nitrogens with two attached hydrogens (primary N) is 1. The highest BCUT2D eigenvalue weighted by Gasteiger charge is 2.09. The second kappa shape index (κ2) is 5.50. The first-order valence-corrected chi connectivity index (χ1v) is 4.49. The number of rotatable bonds is 4. The van der Waals surface area contributed by atoms with E-state index in [9.17, 15) is 8.78 Å². The number of hydrogen-bond acceptors (Lipinski definition) is 1. The van der Waals surface area contributed by atoms with Crippen molar-refractivity contribution in [3.63, 3.8) is 0 Å². The summed E-state index contributed by atoms with van der Waals surface area (Å²) in [5, 5.41) is 0. The Hall–Kier alpha value is -1.22. The lowest BCUT2D eigenvalue weighted by atomic mass is 10.1. The molecule has 76 valence electrons. The first-order valence-electron chi connectivity index (χ1n) is 4.49. The maximum absolute atomic E-state index is 12.5. The van der Waals surface area contributed by atoms with Crippen LogP contribution in [0.1, 0.15) is 24.0 Å². The summed E-state index contributed by atoms with van der Waals surface area (Å²) in [5.41, 5.74) is 5.93. The first kappa shape index (κ1) is 10.9. The van der Waals surface area contributed by atoms with Crippen molar-refractivity contribution in [2.45, 2.75) is 12.8 Å². The molecular weight excluding hydrogens is 184 g/mol. The van der Waals surface area contributed by atoms with Gasteiger partial charge >= 0.3 is 0 Å². The van der Waals surface area contributed by atoms with E-state index in [4.69, 9.17) is 5.73 Å². The second-order valence-corrected chi connectivity index (χ2v) is 2.91. The molecule has 1 nitrogen and oxygen atoms in total. The fourth-order valence-corrected chi connectivity index (χ4v) is 1.17. The van der Waals surface area contributed by atoms with Crippen LogP contribution in [-0.2, 0) is 0 Å². The van der Waals surface area contributed by atoms with Gasteiger partial charge in [0.25, 0.3) is 6.43 Å². The molecule has 0 atom stereocenters. The number of halogens is 2. The SMILES string of the molecule is NCCC=Cc1ccccc1C(F)F. The molecule has 0 unspecified atom stereocenters. The van der Waals surface area contributed by atoms with Crippen molar-refractivity contribution in [2.24, 2.45) is 5.73 Å². The van der Waals surface area contributed by atoms with Gasteiger partial charge in [0.15, 0.2) is 0 Å². The number of hydrogen-bond donors (Lipinski definition) is 1. The normalized spacial score (nSPS) is 11.4. The molecule has 1 aromatic rings. The van der Waals surface area contributed by atoms with E-state index < -0.39 is 6.43 Å². The lowest BCUT2D eigenvalue weighted by Gasteiger charge is -2.03. The van der Waals surface area contributed by atoms with Crippen LogP contribution in [0.15, 0.2) is 30.3 Å². The third-order valence-electron chi connectivity index (χ3n) is 1.86. The maximum atomic E-state index is 12.5. The molecule has 0 spiro atoms. The second-order valence-electron chi connectivity index (χ2n) is 2.91. The van der Waals surface area contributed by atoms with Crippen LogP contribution in [0.4, 0.5) is 8.78 Å². The zero-order valence-corrected chi connectivity index (χ0v) is 7.79. The van der Waals surface area contributed by atoms with Crippen molar-refractivity contribution in [1.29, 1.82) is 0 Å². The summed E-state index contributed by atoms with van der Waals surface area (Å²) in [6.45, 7) is 0.535. The van der Waals surface area contributed by atoms with Gasteiger partial charge in [-0.2, -0.15) is 0 Å². The predicted molar refractivity (Wildman–Crippen MR) is 54.1 cm³/mol. The minimum Gasteiger partial charge on any atom is -0.330 e. The standard InChI is InChI=1S/C11H13F2N/c12-11(13)10-7-2-1-5-9(10)6-3-4-8-14/h1-3,5-7,11H,4,8,14H2. The van der Waals surface area contributed by atoms with E-state index in [0.717, 1.165) is 0 Å². The molecule has 1 rings (SSSR count). The van der Waals surface area contributed by atoms with Crippen LogP contribution in [-0.4, -0.2) is 6.54 Å². The molecule has 0 saturated heterocycles. The van der Waals surface area contributed by atoms with Crippen LogP contribution in [0.5, 0.6) is 0 Å². The average Bonchev–Trinajstić information content (AvgIpc) is 2.19. The molecular formula is C11H13F2N. The molecule has 0 aliphatic carbocycles. The van der Waals surface area contributed by atoms with Crippen molar-refractivity contribution in [1.82, 2.24) is 0 Å². The topological polar surface area (TPSA) is 26.0 Å². The molecule has 0 aliphatic heterocycles. The van der Waals surface area contributed by atoms with Gasteiger partial charge in [0.1, 0.15) is 0 Å². The van der Waals surface area contributed by atoms with Gasteiger partial charge in [-0.1, -0.05) is 36.4 Å². The van der Waals surface area contributed by atoms with Gasteiger partial charge in [0.05, 0.1) is 0 Å². The van der Waals surface area contributed by atoms with E-state index in [1.807, 2.05) is 0 Å². The summed E-state index contributed by atoms with van der Waals surface area (Å²) in [5.74, 6) is 0. The molecule has 0 saturated carbocycles. The highest BCUT2D eigenvalue weighted by molar-refractivity contribution is 5.54. The van der Waals surface area contributed by atoms with Crippen molar-refractivity contribution in [2.75, 3.05) is 6.54 Å². The van der Waals surface area contributed by atoms with Gasteiger partial charge in [-0.3, -0.25) is 0 Å². The molecule has 2 N–H and O–H groups in total. The van der Waals surface area contributed by atoms with E-state index >= 15 is 0 Å². The number of benzene rings is 1. The zero-order valence-electron chi connectivity index (χ0n) is 7.79. The zero-order chi connectivity index (χ0) is 10.4. The van der Waals surface area contributed by atoms with Crippen LogP contribution in [0.25, 0.3) is 6.08 Å². The fourth-order valence-electron chi connectivity index (χ4n) is 1.17. The smallest absolute Gasteiger partial charge is 0.264 e. The Labute approximate surface area is 82.2 Å². The van der Waals surface area contributed by atoms with Crippen molar-refractivity contribution in [3.05, 3.63) is 41.5 Å². The lowest BCUT2D eigenvalue weighted by molar-refractivity contribution is 0.151. The molecule has 1 aromatic carbocycles. The largest absolute Gasteiger partial charge is 0.330 e. The number of alkyl halides is 2. The van der Waals surface area contributed by atoms with E-state index in [1.54, 1.807) is 30.4 Å². The minimum absolute atomic E-state index is 0.0702. The quantitative estimate of drug-likeness (QED) is 0.788. The predicted octanol–water partition coefficient (Wildman–Crippen LogP) is 2.99. The Morgan fingerprint density at radius 2 is 2.00 bits per heavy atom. The molecule has 0 aromatic heterocycles. The minimum atomic E-state index is -2.42. The van der Waals surface area contributed by atoms with Gasteiger partial charge < -0.3 is 5.73 Å². The third kappa shape index (κ3) is 2.92. The monoisotopic (exact) mass is 197 g/mol. The molecule has 0 radical (unpaired) electrons. The van der Waals surface area contributed by atoms with E-state index in [1.165, 1.54) is 6.07 Å². The van der Waals surface area contributed by atoms with Gasteiger partial charge in [-0.15, -0.1) is 0 Å². The van der Waals surface area contributed by atoms with Gasteiger partial charge in [0.2, 0.25) is 0 Å². The van der Waals surface area contributed by atoms with E-state index in [-0.39, 0.29) is 5.56 Å². The lowest BCUT2D eigenvalue weighted by Crippen LogP contribution is -1.95. The molecule has 0 amide bonds. The molecule has 3 heteroatoms. The van der Waals surface area contributed by atoms with Crippen molar-refractivity contribution in [3.8, 4) is 0 Å². The van der Waals surface area contributed by atoms with E-state index in [2.05, 4.69) is 0 Å². The first-order chi connectivity index (χ1) is 6.75. The molecule has 0 heterocycles. The summed E-state index contributed by atoms with van der Waals surface area (Å²) >= 11 is 0. The highest BCUT2D eigenvalue weighted by Crippen LogP contribution is 2.23. The average molecular weight is 197 g/mol. The van der Waals surface area contributed by atoms with Gasteiger partial charge in [-0.25, -0.2) is 8.78 Å². The summed E-state index contributed by atoms with van der Waals surface area (Å²) in [7, 11) is 0. The summed E-state index contributed by atoms with van der Waals surface area (Å²) in [6, 6.07) is 6.47. The Morgan fingerprint density at radius 1 is 1.29 bits per heavy atom. The summed E-state index contributed by atoms with van der Waals surface area (Å²) in [6.07, 6.45) is 1.78. The molecule has 0 fully saturated rings. The molecule has 14 heavy (non-hydrogen) atoms. The van der Waals surface area contributed by atoms with Crippen LogP contribution in [0.3, 0.4) is 0 Å². The van der Waals surface area contributed by atoms with Crippen molar-refractivity contribution < 1.29 is 8.78 Å². The Bertz CT molecular complexity index is 308. The summed E-state index contributed by atoms with van der Waals surface area (Å²) in [4.78, 5) is 0. The molecule has 0 aliphatic rings. The van der Waals surface area contributed by atoms with E-state index in [0.29, 0.717) is 18.5 Å². The van der Waals surface area contributed by atoms with Gasteiger partial charge in [-0.05, 0) is 18.5 Å². The Morgan fingerprint density at radius 3 is 2.64 bits per heavy atom. The highest BCUT2D eigenvalue weighted by atomic mass is 19.3. The van der Waals surface area contributed by atoms with Crippen LogP contribution in [0, 0.1) is 0 Å².